The maximum absolute atomic E-state index is 11.9. The van der Waals surface area contributed by atoms with Crippen molar-refractivity contribution in [3.05, 3.63) is 29.8 Å². The number of Topliss-reactive ketones (excluding diaryl/α,β-unsaturated/α-hetero) is 3. The highest BCUT2D eigenvalue weighted by Crippen LogP contribution is 2.29. The van der Waals surface area contributed by atoms with Gasteiger partial charge in [0.15, 0.2) is 11.6 Å². The van der Waals surface area contributed by atoms with Crippen molar-refractivity contribution in [2.24, 2.45) is 11.8 Å². The molecule has 0 spiro atoms. The Morgan fingerprint density at radius 2 is 1.71 bits per heavy atom. The third-order valence-electron chi connectivity index (χ3n) is 3.85. The van der Waals surface area contributed by atoms with Gasteiger partial charge < -0.3 is 0 Å². The zero-order chi connectivity index (χ0) is 15.4. The van der Waals surface area contributed by atoms with Gasteiger partial charge in [-0.3, -0.25) is 14.4 Å². The summed E-state index contributed by atoms with van der Waals surface area (Å²) in [6.07, 6.45) is 1.57. The smallest absolute Gasteiger partial charge is 0.151 e. The van der Waals surface area contributed by atoms with Gasteiger partial charge in [-0.1, -0.05) is 17.7 Å². The van der Waals surface area contributed by atoms with Crippen molar-refractivity contribution in [2.45, 2.75) is 38.0 Å². The summed E-state index contributed by atoms with van der Waals surface area (Å²) >= 11 is 1.74. The molecule has 0 aromatic heterocycles. The highest BCUT2D eigenvalue weighted by molar-refractivity contribution is 7.99. The van der Waals surface area contributed by atoms with Crippen LogP contribution in [0.5, 0.6) is 0 Å². The van der Waals surface area contributed by atoms with Crippen LogP contribution in [0.15, 0.2) is 29.2 Å². The zero-order valence-electron chi connectivity index (χ0n) is 12.4. The summed E-state index contributed by atoms with van der Waals surface area (Å²) in [5, 5.41) is 0. The molecule has 1 aliphatic rings. The van der Waals surface area contributed by atoms with Gasteiger partial charge >= 0.3 is 0 Å². The lowest BCUT2D eigenvalue weighted by Crippen LogP contribution is -2.37. The van der Waals surface area contributed by atoms with E-state index in [9.17, 15) is 14.4 Å². The van der Waals surface area contributed by atoms with Gasteiger partial charge in [-0.25, -0.2) is 0 Å². The second-order valence-electron chi connectivity index (χ2n) is 5.70. The van der Waals surface area contributed by atoms with Crippen LogP contribution in [-0.4, -0.2) is 23.1 Å². The topological polar surface area (TPSA) is 51.2 Å². The largest absolute Gasteiger partial charge is 0.299 e. The SMILES string of the molecule is CC(=O)C1C(=O)CC(CCSc2ccc(C)cc2)CC1=O. The van der Waals surface area contributed by atoms with E-state index in [-0.39, 0.29) is 23.3 Å². The summed E-state index contributed by atoms with van der Waals surface area (Å²) in [5.41, 5.74) is 1.23. The quantitative estimate of drug-likeness (QED) is 0.619. The molecule has 0 bridgehead atoms. The molecule has 0 aliphatic heterocycles. The summed E-state index contributed by atoms with van der Waals surface area (Å²) in [7, 11) is 0. The number of rotatable bonds is 5. The van der Waals surface area contributed by atoms with Crippen LogP contribution in [0.2, 0.25) is 0 Å². The van der Waals surface area contributed by atoms with E-state index in [2.05, 4.69) is 31.2 Å². The molecular formula is C17H20O3S. The molecule has 1 aromatic rings. The third kappa shape index (κ3) is 4.27. The fourth-order valence-corrected chi connectivity index (χ4v) is 3.71. The fourth-order valence-electron chi connectivity index (χ4n) is 2.69. The summed E-state index contributed by atoms with van der Waals surface area (Å²) in [4.78, 5) is 36.3. The van der Waals surface area contributed by atoms with E-state index in [1.54, 1.807) is 11.8 Å². The molecule has 0 saturated heterocycles. The highest BCUT2D eigenvalue weighted by atomic mass is 32.2. The van der Waals surface area contributed by atoms with Gasteiger partial charge in [-0.2, -0.15) is 0 Å². The van der Waals surface area contributed by atoms with Gasteiger partial charge in [-0.05, 0) is 44.1 Å². The van der Waals surface area contributed by atoms with Crippen LogP contribution in [0.4, 0.5) is 0 Å². The van der Waals surface area contributed by atoms with E-state index >= 15 is 0 Å². The van der Waals surface area contributed by atoms with Crippen molar-refractivity contribution in [3.8, 4) is 0 Å². The number of hydrogen-bond acceptors (Lipinski definition) is 4. The molecule has 1 saturated carbocycles. The number of ketones is 3. The lowest BCUT2D eigenvalue weighted by molar-refractivity contribution is -0.142. The average molecular weight is 304 g/mol. The van der Waals surface area contributed by atoms with Crippen molar-refractivity contribution in [3.63, 3.8) is 0 Å². The van der Waals surface area contributed by atoms with E-state index in [1.807, 2.05) is 0 Å². The molecule has 21 heavy (non-hydrogen) atoms. The molecule has 0 radical (unpaired) electrons. The first-order chi connectivity index (χ1) is 9.97. The summed E-state index contributed by atoms with van der Waals surface area (Å²) in [6, 6.07) is 8.33. The molecule has 0 atom stereocenters. The number of benzene rings is 1. The monoisotopic (exact) mass is 304 g/mol. The minimum Gasteiger partial charge on any atom is -0.299 e. The molecule has 0 N–H and O–H groups in total. The Hall–Kier alpha value is -1.42. The minimum atomic E-state index is -0.981. The third-order valence-corrected chi connectivity index (χ3v) is 4.89. The number of hydrogen-bond donors (Lipinski definition) is 0. The Morgan fingerprint density at radius 1 is 1.14 bits per heavy atom. The number of thioether (sulfide) groups is 1. The molecule has 2 rings (SSSR count). The average Bonchev–Trinajstić information content (AvgIpc) is 2.40. The van der Waals surface area contributed by atoms with Gasteiger partial charge in [0, 0.05) is 17.7 Å². The van der Waals surface area contributed by atoms with Gasteiger partial charge in [0.25, 0.3) is 0 Å². The maximum Gasteiger partial charge on any atom is 0.151 e. The molecule has 112 valence electrons. The first-order valence-corrected chi connectivity index (χ1v) is 8.21. The van der Waals surface area contributed by atoms with Crippen molar-refractivity contribution in [1.29, 1.82) is 0 Å². The standard InChI is InChI=1S/C17H20O3S/c1-11-3-5-14(6-4-11)21-8-7-13-9-15(19)17(12(2)18)16(20)10-13/h3-6,13,17H,7-10H2,1-2H3. The van der Waals surface area contributed by atoms with Crippen LogP contribution >= 0.6 is 11.8 Å². The van der Waals surface area contributed by atoms with E-state index in [4.69, 9.17) is 0 Å². The number of carbonyl (C=O) groups excluding carboxylic acids is 3. The molecule has 1 aromatic carbocycles. The predicted molar refractivity (Wildman–Crippen MR) is 83.4 cm³/mol. The maximum atomic E-state index is 11.9. The van der Waals surface area contributed by atoms with Crippen LogP contribution in [-0.2, 0) is 14.4 Å². The zero-order valence-corrected chi connectivity index (χ0v) is 13.2. The molecular weight excluding hydrogens is 284 g/mol. The molecule has 0 amide bonds. The van der Waals surface area contributed by atoms with Crippen LogP contribution in [0.3, 0.4) is 0 Å². The van der Waals surface area contributed by atoms with Crippen molar-refractivity contribution >= 4 is 29.1 Å². The Kier molecular flexibility index (Phi) is 5.34. The van der Waals surface area contributed by atoms with Crippen LogP contribution < -0.4 is 0 Å². The second-order valence-corrected chi connectivity index (χ2v) is 6.87. The first-order valence-electron chi connectivity index (χ1n) is 7.22. The van der Waals surface area contributed by atoms with E-state index in [0.717, 1.165) is 12.2 Å². The highest BCUT2D eigenvalue weighted by Gasteiger charge is 2.37. The first kappa shape index (κ1) is 16.0. The minimum absolute atomic E-state index is 0.0959. The summed E-state index contributed by atoms with van der Waals surface area (Å²) < 4.78 is 0. The van der Waals surface area contributed by atoms with Gasteiger partial charge in [0.1, 0.15) is 11.7 Å². The van der Waals surface area contributed by atoms with Crippen LogP contribution in [0.1, 0.15) is 31.7 Å². The van der Waals surface area contributed by atoms with Crippen molar-refractivity contribution in [1.82, 2.24) is 0 Å². The van der Waals surface area contributed by atoms with E-state index < -0.39 is 5.92 Å². The van der Waals surface area contributed by atoms with Crippen molar-refractivity contribution < 1.29 is 14.4 Å². The van der Waals surface area contributed by atoms with Crippen LogP contribution in [0.25, 0.3) is 0 Å². The molecule has 4 heteroatoms. The normalized spacial score (nSPS) is 22.4. The molecule has 0 heterocycles. The van der Waals surface area contributed by atoms with E-state index in [1.165, 1.54) is 17.4 Å². The molecule has 0 unspecified atom stereocenters. The Labute approximate surface area is 129 Å². The predicted octanol–water partition coefficient (Wildman–Crippen LogP) is 3.23. The Morgan fingerprint density at radius 3 is 2.24 bits per heavy atom. The van der Waals surface area contributed by atoms with Crippen molar-refractivity contribution in [2.75, 3.05) is 5.75 Å². The summed E-state index contributed by atoms with van der Waals surface area (Å²) in [6.45, 7) is 3.38. The number of aryl methyl sites for hydroxylation is 1. The fraction of sp³-hybridized carbons (Fsp3) is 0.471. The van der Waals surface area contributed by atoms with Gasteiger partial charge in [0.2, 0.25) is 0 Å². The number of carbonyl (C=O) groups is 3. The second kappa shape index (κ2) is 7.03. The molecule has 1 aliphatic carbocycles. The van der Waals surface area contributed by atoms with E-state index in [0.29, 0.717) is 12.8 Å². The lowest BCUT2D eigenvalue weighted by atomic mass is 9.77. The van der Waals surface area contributed by atoms with Gasteiger partial charge in [0.05, 0.1) is 0 Å². The van der Waals surface area contributed by atoms with Gasteiger partial charge in [-0.15, -0.1) is 11.8 Å². The Balaban J connectivity index is 1.82. The molecule has 3 nitrogen and oxygen atoms in total. The Bertz CT molecular complexity index is 530. The lowest BCUT2D eigenvalue weighted by Gasteiger charge is -2.24. The molecule has 1 fully saturated rings. The van der Waals surface area contributed by atoms with Crippen LogP contribution in [0, 0.1) is 18.8 Å². The summed E-state index contributed by atoms with van der Waals surface area (Å²) in [5.74, 6) is -0.686.